The van der Waals surface area contributed by atoms with Crippen LogP contribution in [0.3, 0.4) is 0 Å². The van der Waals surface area contributed by atoms with Crippen LogP contribution in [-0.2, 0) is 14.8 Å². The maximum absolute atomic E-state index is 13.7. The van der Waals surface area contributed by atoms with Crippen LogP contribution < -0.4 is 5.32 Å². The van der Waals surface area contributed by atoms with Gasteiger partial charge in [0.15, 0.2) is 0 Å². The Hall–Kier alpha value is -1.71. The lowest BCUT2D eigenvalue weighted by Gasteiger charge is -2.21. The van der Waals surface area contributed by atoms with Crippen LogP contribution >= 0.6 is 0 Å². The van der Waals surface area contributed by atoms with Gasteiger partial charge in [0.05, 0.1) is 30.6 Å². The molecule has 1 aromatic rings. The molecule has 0 spiro atoms. The number of amides is 1. The number of sulfonamides is 1. The molecule has 2 atom stereocenters. The fourth-order valence-corrected chi connectivity index (χ4v) is 3.44. The number of rotatable bonds is 5. The van der Waals surface area contributed by atoms with Gasteiger partial charge in [-0.05, 0) is 18.2 Å². The maximum Gasteiger partial charge on any atom is 0.254 e. The van der Waals surface area contributed by atoms with Gasteiger partial charge in [0.2, 0.25) is 10.0 Å². The summed E-state index contributed by atoms with van der Waals surface area (Å²) >= 11 is 0. The van der Waals surface area contributed by atoms with E-state index in [1.54, 1.807) is 0 Å². The normalized spacial score (nSPS) is 21.6. The molecular formula is C14H19FN2O5S. The standard InChI is InChI=1S/C14H19FN2O5S/c1-17(2)23(20,21)8-9-6-22-7-13(9)16-14(19)11-5-10(18)3-4-12(11)15/h3-5,9,13,18H,6-8H2,1-2H3,(H,16,19). The van der Waals surface area contributed by atoms with E-state index in [9.17, 15) is 22.7 Å². The molecular weight excluding hydrogens is 327 g/mol. The zero-order valence-corrected chi connectivity index (χ0v) is 13.6. The summed E-state index contributed by atoms with van der Waals surface area (Å²) in [4.78, 5) is 12.1. The fourth-order valence-electron chi connectivity index (χ4n) is 2.28. The van der Waals surface area contributed by atoms with E-state index in [0.29, 0.717) is 0 Å². The number of carbonyl (C=O) groups excluding carboxylic acids is 1. The highest BCUT2D eigenvalue weighted by molar-refractivity contribution is 7.89. The van der Waals surface area contributed by atoms with Crippen LogP contribution in [0.15, 0.2) is 18.2 Å². The molecule has 1 heterocycles. The number of halogens is 1. The van der Waals surface area contributed by atoms with E-state index in [-0.39, 0.29) is 30.3 Å². The predicted octanol–water partition coefficient (Wildman–Crippen LogP) is 0.168. The Morgan fingerprint density at radius 3 is 2.78 bits per heavy atom. The molecule has 0 bridgehead atoms. The van der Waals surface area contributed by atoms with Gasteiger partial charge in [-0.15, -0.1) is 0 Å². The molecule has 9 heteroatoms. The molecule has 1 fully saturated rings. The average molecular weight is 346 g/mol. The maximum atomic E-state index is 13.7. The van der Waals surface area contributed by atoms with Crippen molar-refractivity contribution in [2.75, 3.05) is 33.1 Å². The molecule has 0 aromatic heterocycles. The molecule has 2 rings (SSSR count). The lowest BCUT2D eigenvalue weighted by molar-refractivity contribution is 0.0921. The van der Waals surface area contributed by atoms with Gasteiger partial charge in [0.25, 0.3) is 5.91 Å². The second-order valence-electron chi connectivity index (χ2n) is 5.60. The second-order valence-corrected chi connectivity index (χ2v) is 7.83. The first-order valence-electron chi connectivity index (χ1n) is 6.98. The van der Waals surface area contributed by atoms with Gasteiger partial charge in [0, 0.05) is 20.0 Å². The second kappa shape index (κ2) is 6.81. The summed E-state index contributed by atoms with van der Waals surface area (Å²) in [5.41, 5.74) is -0.300. The van der Waals surface area contributed by atoms with Crippen molar-refractivity contribution in [2.24, 2.45) is 5.92 Å². The van der Waals surface area contributed by atoms with Crippen molar-refractivity contribution in [1.29, 1.82) is 0 Å². The number of nitrogens with one attached hydrogen (secondary N) is 1. The number of hydrogen-bond acceptors (Lipinski definition) is 5. The molecule has 2 N–H and O–H groups in total. The molecule has 128 valence electrons. The first-order chi connectivity index (χ1) is 10.7. The summed E-state index contributed by atoms with van der Waals surface area (Å²) in [5, 5.41) is 11.9. The Bertz CT molecular complexity index is 692. The van der Waals surface area contributed by atoms with E-state index in [1.807, 2.05) is 0 Å². The van der Waals surface area contributed by atoms with E-state index < -0.39 is 33.7 Å². The van der Waals surface area contributed by atoms with Crippen molar-refractivity contribution in [3.63, 3.8) is 0 Å². The van der Waals surface area contributed by atoms with Crippen LogP contribution in [0.1, 0.15) is 10.4 Å². The number of carbonyl (C=O) groups is 1. The average Bonchev–Trinajstić information content (AvgIpc) is 2.87. The van der Waals surface area contributed by atoms with Gasteiger partial charge in [-0.25, -0.2) is 17.1 Å². The molecule has 0 radical (unpaired) electrons. The highest BCUT2D eigenvalue weighted by Crippen LogP contribution is 2.19. The molecule has 0 saturated carbocycles. The van der Waals surface area contributed by atoms with Crippen molar-refractivity contribution < 1.29 is 27.4 Å². The van der Waals surface area contributed by atoms with E-state index in [1.165, 1.54) is 14.1 Å². The van der Waals surface area contributed by atoms with Crippen LogP contribution in [0, 0.1) is 11.7 Å². The third-order valence-corrected chi connectivity index (χ3v) is 5.65. The van der Waals surface area contributed by atoms with E-state index >= 15 is 0 Å². The third-order valence-electron chi connectivity index (χ3n) is 3.69. The third kappa shape index (κ3) is 4.18. The van der Waals surface area contributed by atoms with Crippen LogP contribution in [0.5, 0.6) is 5.75 Å². The topological polar surface area (TPSA) is 95.9 Å². The van der Waals surface area contributed by atoms with Gasteiger partial charge >= 0.3 is 0 Å². The molecule has 1 amide bonds. The van der Waals surface area contributed by atoms with Crippen LogP contribution in [0.4, 0.5) is 4.39 Å². The van der Waals surface area contributed by atoms with Gasteiger partial charge < -0.3 is 15.2 Å². The Balaban J connectivity index is 2.09. The number of phenols is 1. The number of ether oxygens (including phenoxy) is 1. The quantitative estimate of drug-likeness (QED) is 0.792. The minimum atomic E-state index is -3.44. The first-order valence-corrected chi connectivity index (χ1v) is 8.59. The fraction of sp³-hybridized carbons (Fsp3) is 0.500. The zero-order chi connectivity index (χ0) is 17.2. The molecule has 7 nitrogen and oxygen atoms in total. The number of nitrogens with zero attached hydrogens (tertiary/aromatic N) is 1. The molecule has 1 aliphatic rings. The summed E-state index contributed by atoms with van der Waals surface area (Å²) in [6, 6.07) is 2.60. The summed E-state index contributed by atoms with van der Waals surface area (Å²) in [6.45, 7) is 0.348. The van der Waals surface area contributed by atoms with Crippen LogP contribution in [-0.4, -0.2) is 62.8 Å². The Morgan fingerprint density at radius 1 is 1.43 bits per heavy atom. The van der Waals surface area contributed by atoms with Gasteiger partial charge in [-0.3, -0.25) is 4.79 Å². The monoisotopic (exact) mass is 346 g/mol. The number of hydrogen-bond donors (Lipinski definition) is 2. The number of benzene rings is 1. The van der Waals surface area contributed by atoms with E-state index in [2.05, 4.69) is 5.32 Å². The zero-order valence-electron chi connectivity index (χ0n) is 12.8. The minimum Gasteiger partial charge on any atom is -0.508 e. The van der Waals surface area contributed by atoms with Crippen LogP contribution in [0.25, 0.3) is 0 Å². The van der Waals surface area contributed by atoms with Gasteiger partial charge in [-0.1, -0.05) is 0 Å². The van der Waals surface area contributed by atoms with Gasteiger partial charge in [0.1, 0.15) is 11.6 Å². The molecule has 1 aromatic carbocycles. The highest BCUT2D eigenvalue weighted by Gasteiger charge is 2.34. The van der Waals surface area contributed by atoms with E-state index in [0.717, 1.165) is 22.5 Å². The molecule has 1 aliphatic heterocycles. The highest BCUT2D eigenvalue weighted by atomic mass is 32.2. The summed E-state index contributed by atoms with van der Waals surface area (Å²) in [6.07, 6.45) is 0. The first kappa shape index (κ1) is 17.6. The molecule has 1 saturated heterocycles. The van der Waals surface area contributed by atoms with Crippen molar-refractivity contribution in [3.8, 4) is 5.75 Å². The Labute approximate surface area is 134 Å². The largest absolute Gasteiger partial charge is 0.508 e. The number of aromatic hydroxyl groups is 1. The lowest BCUT2D eigenvalue weighted by Crippen LogP contribution is -2.43. The van der Waals surface area contributed by atoms with Crippen molar-refractivity contribution in [2.45, 2.75) is 6.04 Å². The van der Waals surface area contributed by atoms with Crippen molar-refractivity contribution in [1.82, 2.24) is 9.62 Å². The predicted molar refractivity (Wildman–Crippen MR) is 81.1 cm³/mol. The summed E-state index contributed by atoms with van der Waals surface area (Å²) in [7, 11) is -0.579. The summed E-state index contributed by atoms with van der Waals surface area (Å²) < 4.78 is 43.9. The molecule has 2 unspecified atom stereocenters. The van der Waals surface area contributed by atoms with E-state index in [4.69, 9.17) is 4.74 Å². The Kier molecular flexibility index (Phi) is 5.23. The smallest absolute Gasteiger partial charge is 0.254 e. The minimum absolute atomic E-state index is 0.153. The SMILES string of the molecule is CN(C)S(=O)(=O)CC1COCC1NC(=O)c1cc(O)ccc1F. The molecule has 0 aliphatic carbocycles. The van der Waals surface area contributed by atoms with Crippen LogP contribution in [0.2, 0.25) is 0 Å². The Morgan fingerprint density at radius 2 is 2.13 bits per heavy atom. The van der Waals surface area contributed by atoms with Crippen molar-refractivity contribution in [3.05, 3.63) is 29.6 Å². The lowest BCUT2D eigenvalue weighted by atomic mass is 10.1. The molecule has 23 heavy (non-hydrogen) atoms. The van der Waals surface area contributed by atoms with Gasteiger partial charge in [-0.2, -0.15) is 0 Å². The number of phenolic OH excluding ortho intramolecular Hbond substituents is 1. The van der Waals surface area contributed by atoms with Crippen molar-refractivity contribution >= 4 is 15.9 Å². The summed E-state index contributed by atoms with van der Waals surface area (Å²) in [5.74, 6) is -2.32.